The molecule has 0 spiro atoms. The van der Waals surface area contributed by atoms with Crippen molar-refractivity contribution in [2.75, 3.05) is 26.2 Å². The molecule has 0 aliphatic carbocycles. The third-order valence-electron chi connectivity index (χ3n) is 5.54. The molecule has 0 atom stereocenters. The Morgan fingerprint density at radius 1 is 0.909 bits per heavy atom. The maximum atomic E-state index is 13.0. The second-order valence-electron chi connectivity index (χ2n) is 8.12. The summed E-state index contributed by atoms with van der Waals surface area (Å²) in [4.78, 5) is 35.4. The van der Waals surface area contributed by atoms with E-state index in [1.165, 1.54) is 11.1 Å². The number of piperidine rings is 1. The van der Waals surface area contributed by atoms with Gasteiger partial charge in [-0.25, -0.2) is 9.59 Å². The van der Waals surface area contributed by atoms with E-state index in [-0.39, 0.29) is 18.4 Å². The van der Waals surface area contributed by atoms with Crippen molar-refractivity contribution in [1.29, 1.82) is 0 Å². The van der Waals surface area contributed by atoms with Crippen LogP contribution in [0.4, 0.5) is 0 Å². The molecule has 8 nitrogen and oxygen atoms in total. The number of benzene rings is 2. The van der Waals surface area contributed by atoms with Crippen LogP contribution in [0, 0.1) is 12.8 Å². The van der Waals surface area contributed by atoms with Crippen molar-refractivity contribution in [2.24, 2.45) is 5.92 Å². The second kappa shape index (κ2) is 13.3. The van der Waals surface area contributed by atoms with E-state index in [0.29, 0.717) is 13.1 Å². The fourth-order valence-electron chi connectivity index (χ4n) is 3.74. The van der Waals surface area contributed by atoms with Crippen LogP contribution in [0.1, 0.15) is 29.5 Å². The number of likely N-dealkylation sites (tertiary alicyclic amines) is 1. The Morgan fingerprint density at radius 3 is 2.00 bits per heavy atom. The smallest absolute Gasteiger partial charge is 0.414 e. The van der Waals surface area contributed by atoms with E-state index in [2.05, 4.69) is 36.1 Å². The zero-order valence-electron chi connectivity index (χ0n) is 18.9. The highest BCUT2D eigenvalue weighted by Crippen LogP contribution is 2.22. The lowest BCUT2D eigenvalue weighted by atomic mass is 9.94. The lowest BCUT2D eigenvalue weighted by Crippen LogP contribution is -2.43. The summed E-state index contributed by atoms with van der Waals surface area (Å²) in [7, 11) is 0. The molecule has 8 heteroatoms. The van der Waals surface area contributed by atoms with E-state index >= 15 is 0 Å². The van der Waals surface area contributed by atoms with Gasteiger partial charge in [0.15, 0.2) is 0 Å². The average Bonchev–Trinajstić information content (AvgIpc) is 2.81. The largest absolute Gasteiger partial charge is 0.473 e. The molecule has 2 aromatic rings. The van der Waals surface area contributed by atoms with Crippen LogP contribution in [0.25, 0.3) is 0 Å². The Balaban J connectivity index is 0.000000569. The number of amides is 1. The van der Waals surface area contributed by atoms with Crippen molar-refractivity contribution >= 4 is 17.8 Å². The number of carboxylic acid groups (broad SMARTS) is 2. The van der Waals surface area contributed by atoms with E-state index < -0.39 is 11.9 Å². The molecule has 1 fully saturated rings. The number of carbonyl (C=O) groups is 3. The maximum absolute atomic E-state index is 13.0. The van der Waals surface area contributed by atoms with Gasteiger partial charge in [0.25, 0.3) is 0 Å². The van der Waals surface area contributed by atoms with Crippen LogP contribution in [-0.2, 0) is 27.5 Å². The summed E-state index contributed by atoms with van der Waals surface area (Å²) >= 11 is 0. The molecule has 1 amide bonds. The number of carbonyl (C=O) groups excluding carboxylic acids is 1. The normalized spacial score (nSPS) is 14.1. The molecule has 3 rings (SSSR count). The van der Waals surface area contributed by atoms with Gasteiger partial charge in [-0.15, -0.1) is 0 Å². The molecular formula is C25H32N2O6. The Morgan fingerprint density at radius 2 is 1.48 bits per heavy atom. The minimum absolute atomic E-state index is 0.00480. The minimum Gasteiger partial charge on any atom is -0.473 e. The Kier molecular flexibility index (Phi) is 10.5. The van der Waals surface area contributed by atoms with Crippen molar-refractivity contribution in [3.8, 4) is 0 Å². The number of hydrogen-bond donors (Lipinski definition) is 3. The molecule has 3 N–H and O–H groups in total. The summed E-state index contributed by atoms with van der Waals surface area (Å²) in [5.41, 5.74) is 3.72. The molecule has 178 valence electrons. The molecule has 1 heterocycles. The van der Waals surface area contributed by atoms with E-state index in [9.17, 15) is 9.90 Å². The maximum Gasteiger partial charge on any atom is 0.414 e. The molecule has 0 bridgehead atoms. The quantitative estimate of drug-likeness (QED) is 0.548. The van der Waals surface area contributed by atoms with Crippen molar-refractivity contribution in [3.63, 3.8) is 0 Å². The van der Waals surface area contributed by atoms with Crippen LogP contribution in [-0.4, -0.2) is 69.2 Å². The molecule has 2 aromatic carbocycles. The average molecular weight is 457 g/mol. The predicted octanol–water partition coefficient (Wildman–Crippen LogP) is 2.38. The van der Waals surface area contributed by atoms with Gasteiger partial charge in [0, 0.05) is 25.6 Å². The zero-order chi connectivity index (χ0) is 24.2. The van der Waals surface area contributed by atoms with Gasteiger partial charge in [-0.05, 0) is 44.0 Å². The van der Waals surface area contributed by atoms with Crippen LogP contribution >= 0.6 is 0 Å². The van der Waals surface area contributed by atoms with Gasteiger partial charge in [-0.2, -0.15) is 0 Å². The number of aliphatic hydroxyl groups excluding tert-OH is 1. The molecule has 33 heavy (non-hydrogen) atoms. The van der Waals surface area contributed by atoms with Crippen LogP contribution in [0.3, 0.4) is 0 Å². The Hall–Kier alpha value is -3.23. The number of hydrogen-bond acceptors (Lipinski definition) is 5. The third-order valence-corrected chi connectivity index (χ3v) is 5.54. The second-order valence-corrected chi connectivity index (χ2v) is 8.12. The third kappa shape index (κ3) is 9.03. The summed E-state index contributed by atoms with van der Waals surface area (Å²) in [6.07, 6.45) is 1.78. The highest BCUT2D eigenvalue weighted by molar-refractivity contribution is 6.27. The first-order chi connectivity index (χ1) is 15.8. The lowest BCUT2D eigenvalue weighted by Gasteiger charge is -2.34. The molecule has 0 unspecified atom stereocenters. The van der Waals surface area contributed by atoms with E-state index in [1.54, 1.807) is 0 Å². The first-order valence-electron chi connectivity index (χ1n) is 11.0. The Bertz CT molecular complexity index is 881. The van der Waals surface area contributed by atoms with Gasteiger partial charge >= 0.3 is 11.9 Å². The van der Waals surface area contributed by atoms with Crippen molar-refractivity contribution in [1.82, 2.24) is 9.80 Å². The van der Waals surface area contributed by atoms with Gasteiger partial charge in [0.05, 0.1) is 6.61 Å². The van der Waals surface area contributed by atoms with Crippen molar-refractivity contribution < 1.29 is 29.7 Å². The van der Waals surface area contributed by atoms with Gasteiger partial charge in [-0.1, -0.05) is 60.2 Å². The van der Waals surface area contributed by atoms with Gasteiger partial charge in [-0.3, -0.25) is 9.69 Å². The summed E-state index contributed by atoms with van der Waals surface area (Å²) in [6, 6.07) is 18.7. The zero-order valence-corrected chi connectivity index (χ0v) is 18.9. The molecular weight excluding hydrogens is 424 g/mol. The van der Waals surface area contributed by atoms with Crippen LogP contribution in [0.15, 0.2) is 54.6 Å². The first kappa shape index (κ1) is 26.0. The number of aliphatic hydroxyl groups is 1. The Labute approximate surface area is 194 Å². The van der Waals surface area contributed by atoms with E-state index in [4.69, 9.17) is 19.8 Å². The summed E-state index contributed by atoms with van der Waals surface area (Å²) in [5.74, 6) is -3.40. The molecule has 0 radical (unpaired) electrons. The van der Waals surface area contributed by atoms with E-state index in [0.717, 1.165) is 38.0 Å². The highest BCUT2D eigenvalue weighted by Gasteiger charge is 2.28. The van der Waals surface area contributed by atoms with Crippen LogP contribution in [0.5, 0.6) is 0 Å². The predicted molar refractivity (Wildman–Crippen MR) is 123 cm³/mol. The molecule has 0 saturated carbocycles. The van der Waals surface area contributed by atoms with Gasteiger partial charge in [0.2, 0.25) is 5.91 Å². The highest BCUT2D eigenvalue weighted by atomic mass is 16.4. The van der Waals surface area contributed by atoms with Crippen molar-refractivity contribution in [3.05, 3.63) is 71.3 Å². The number of carboxylic acids is 2. The van der Waals surface area contributed by atoms with Crippen LogP contribution < -0.4 is 0 Å². The number of aliphatic carboxylic acids is 2. The summed E-state index contributed by atoms with van der Waals surface area (Å²) < 4.78 is 0. The van der Waals surface area contributed by atoms with E-state index in [1.807, 2.05) is 35.2 Å². The summed E-state index contributed by atoms with van der Waals surface area (Å²) in [5, 5.41) is 24.2. The lowest BCUT2D eigenvalue weighted by molar-refractivity contribution is -0.159. The molecule has 0 aromatic heterocycles. The minimum atomic E-state index is -1.82. The fraction of sp³-hybridized carbons (Fsp3) is 0.400. The summed E-state index contributed by atoms with van der Waals surface area (Å²) in [6.45, 7) is 5.93. The number of nitrogens with zero attached hydrogens (tertiary/aromatic N) is 2. The van der Waals surface area contributed by atoms with Gasteiger partial charge in [0.1, 0.15) is 0 Å². The van der Waals surface area contributed by atoms with Crippen LogP contribution in [0.2, 0.25) is 0 Å². The number of rotatable bonds is 7. The SMILES string of the molecule is Cc1ccc(CN2CCC(C(=O)N(CCO)Cc3ccccc3)CC2)cc1.O=C(O)C(=O)O. The number of aryl methyl sites for hydroxylation is 1. The fourth-order valence-corrected chi connectivity index (χ4v) is 3.74. The topological polar surface area (TPSA) is 118 Å². The monoisotopic (exact) mass is 456 g/mol. The van der Waals surface area contributed by atoms with Gasteiger partial charge < -0.3 is 20.2 Å². The standard InChI is InChI=1S/C23H30N2O2.C2H2O4/c1-19-7-9-21(10-8-19)17-24-13-11-22(12-14-24)23(27)25(15-16-26)18-20-5-3-2-4-6-20;3-1(4)2(5)6/h2-10,22,26H,11-18H2,1H3;(H,3,4)(H,5,6). The molecule has 1 aliphatic rings. The molecule has 1 saturated heterocycles. The van der Waals surface area contributed by atoms with Crippen molar-refractivity contribution in [2.45, 2.75) is 32.9 Å². The first-order valence-corrected chi connectivity index (χ1v) is 11.0. The molecule has 1 aliphatic heterocycles.